The minimum Gasteiger partial charge on any atom is -0.381 e. The Morgan fingerprint density at radius 3 is 0.756 bits per heavy atom. The summed E-state index contributed by atoms with van der Waals surface area (Å²) in [6, 6.07) is 0. The van der Waals surface area contributed by atoms with Crippen molar-refractivity contribution in [2.24, 2.45) is 5.92 Å². The topological polar surface area (TPSA) is 9.23 Å². The van der Waals surface area contributed by atoms with Gasteiger partial charge in [0.2, 0.25) is 0 Å². The Balaban J connectivity index is 3.84. The van der Waals surface area contributed by atoms with Gasteiger partial charge in [0, 0.05) is 13.2 Å². The molecule has 0 amide bonds. The van der Waals surface area contributed by atoms with Crippen molar-refractivity contribution in [2.75, 3.05) is 13.2 Å². The lowest BCUT2D eigenvalue weighted by atomic mass is 9.94. The fraction of sp³-hybridized carbons (Fsp3) is 1.00. The molecule has 1 unspecified atom stereocenters. The molecule has 0 aromatic heterocycles. The zero-order chi connectivity index (χ0) is 32.6. The fourth-order valence-corrected chi connectivity index (χ4v) is 7.15. The third-order valence-corrected chi connectivity index (χ3v) is 10.4. The summed E-state index contributed by atoms with van der Waals surface area (Å²) in [4.78, 5) is 0. The molecular weight excluding hydrogens is 544 g/mol. The third kappa shape index (κ3) is 40.1. The van der Waals surface area contributed by atoms with Crippen LogP contribution in [0, 0.1) is 5.92 Å². The van der Waals surface area contributed by atoms with Crippen LogP contribution in [-0.4, -0.2) is 13.2 Å². The normalized spacial score (nSPS) is 12.3. The van der Waals surface area contributed by atoms with Crippen LogP contribution >= 0.6 is 0 Å². The molecule has 0 saturated carbocycles. The van der Waals surface area contributed by atoms with Gasteiger partial charge in [-0.3, -0.25) is 0 Å². The Bertz CT molecular complexity index is 487. The molecule has 0 aliphatic rings. The number of hydrogen-bond acceptors (Lipinski definition) is 1. The van der Waals surface area contributed by atoms with E-state index in [1.165, 1.54) is 244 Å². The van der Waals surface area contributed by atoms with Gasteiger partial charge in [0.15, 0.2) is 0 Å². The summed E-state index contributed by atoms with van der Waals surface area (Å²) in [5, 5.41) is 0. The van der Waals surface area contributed by atoms with Crippen LogP contribution in [0.2, 0.25) is 0 Å². The maximum absolute atomic E-state index is 6.30. The number of unbranched alkanes of at least 4 members (excludes halogenated alkanes) is 33. The van der Waals surface area contributed by atoms with Crippen molar-refractivity contribution in [3.8, 4) is 0 Å². The molecule has 1 atom stereocenters. The lowest BCUT2D eigenvalue weighted by molar-refractivity contribution is 0.0878. The van der Waals surface area contributed by atoms with Gasteiger partial charge in [0.25, 0.3) is 0 Å². The van der Waals surface area contributed by atoms with Gasteiger partial charge in [-0.25, -0.2) is 0 Å². The average molecular weight is 635 g/mol. The Kier molecular flexibility index (Phi) is 41.9. The molecule has 0 aliphatic heterocycles. The Labute approximate surface area is 288 Å². The van der Waals surface area contributed by atoms with Crippen molar-refractivity contribution in [3.63, 3.8) is 0 Å². The molecule has 0 aliphatic carbocycles. The van der Waals surface area contributed by atoms with Crippen molar-refractivity contribution in [3.05, 3.63) is 0 Å². The van der Waals surface area contributed by atoms with Crippen LogP contribution in [0.15, 0.2) is 0 Å². The second-order valence-electron chi connectivity index (χ2n) is 15.2. The van der Waals surface area contributed by atoms with Gasteiger partial charge < -0.3 is 4.74 Å². The third-order valence-electron chi connectivity index (χ3n) is 10.4. The van der Waals surface area contributed by atoms with E-state index in [4.69, 9.17) is 4.74 Å². The first-order valence-electron chi connectivity index (χ1n) is 21.9. The molecule has 272 valence electrons. The van der Waals surface area contributed by atoms with Gasteiger partial charge in [-0.15, -0.1) is 0 Å². The van der Waals surface area contributed by atoms with Gasteiger partial charge in [-0.05, 0) is 25.2 Å². The standard InChI is InChI=1S/C44H90O/c1-4-7-10-13-16-19-21-23-25-27-30-33-36-39-42-45-43-44(40-37-34-31-28-18-15-12-9-6-3)41-38-35-32-29-26-24-22-20-17-14-11-8-5-2/h44H,4-43H2,1-3H3. The van der Waals surface area contributed by atoms with Crippen LogP contribution in [0.3, 0.4) is 0 Å². The van der Waals surface area contributed by atoms with Crippen molar-refractivity contribution in [1.29, 1.82) is 0 Å². The van der Waals surface area contributed by atoms with Crippen LogP contribution in [0.1, 0.15) is 265 Å². The van der Waals surface area contributed by atoms with E-state index < -0.39 is 0 Å². The molecule has 0 heterocycles. The van der Waals surface area contributed by atoms with Gasteiger partial charge in [-0.1, -0.05) is 245 Å². The molecule has 0 N–H and O–H groups in total. The lowest BCUT2D eigenvalue weighted by Crippen LogP contribution is -2.11. The second kappa shape index (κ2) is 42.0. The van der Waals surface area contributed by atoms with E-state index in [1.54, 1.807) is 0 Å². The van der Waals surface area contributed by atoms with Crippen LogP contribution < -0.4 is 0 Å². The van der Waals surface area contributed by atoms with E-state index in [0.717, 1.165) is 19.1 Å². The number of ether oxygens (including phenoxy) is 1. The molecule has 0 radical (unpaired) electrons. The Hall–Kier alpha value is -0.0400. The van der Waals surface area contributed by atoms with Crippen LogP contribution in [-0.2, 0) is 4.74 Å². The summed E-state index contributed by atoms with van der Waals surface area (Å²) < 4.78 is 6.30. The van der Waals surface area contributed by atoms with Crippen molar-refractivity contribution in [1.82, 2.24) is 0 Å². The molecule has 0 bridgehead atoms. The van der Waals surface area contributed by atoms with E-state index in [9.17, 15) is 0 Å². The zero-order valence-electron chi connectivity index (χ0n) is 32.3. The van der Waals surface area contributed by atoms with E-state index in [2.05, 4.69) is 20.8 Å². The molecule has 45 heavy (non-hydrogen) atoms. The first-order chi connectivity index (χ1) is 22.3. The van der Waals surface area contributed by atoms with Crippen molar-refractivity contribution in [2.45, 2.75) is 265 Å². The summed E-state index contributed by atoms with van der Waals surface area (Å²) in [7, 11) is 0. The van der Waals surface area contributed by atoms with Crippen LogP contribution in [0.25, 0.3) is 0 Å². The molecule has 1 heteroatoms. The summed E-state index contributed by atoms with van der Waals surface area (Å²) in [6.45, 7) is 8.98. The number of rotatable bonds is 41. The molecule has 0 aromatic carbocycles. The predicted molar refractivity (Wildman–Crippen MR) is 207 cm³/mol. The van der Waals surface area contributed by atoms with E-state index in [-0.39, 0.29) is 0 Å². The monoisotopic (exact) mass is 635 g/mol. The molecule has 0 saturated heterocycles. The summed E-state index contributed by atoms with van der Waals surface area (Å²) in [6.07, 6.45) is 54.7. The largest absolute Gasteiger partial charge is 0.381 e. The van der Waals surface area contributed by atoms with Gasteiger partial charge in [-0.2, -0.15) is 0 Å². The Morgan fingerprint density at radius 2 is 0.489 bits per heavy atom. The van der Waals surface area contributed by atoms with E-state index in [0.29, 0.717) is 0 Å². The fourth-order valence-electron chi connectivity index (χ4n) is 7.15. The highest BCUT2D eigenvalue weighted by Gasteiger charge is 2.09. The average Bonchev–Trinajstić information content (AvgIpc) is 3.05. The molecule has 0 fully saturated rings. The Morgan fingerprint density at radius 1 is 0.267 bits per heavy atom. The molecule has 1 nitrogen and oxygen atoms in total. The van der Waals surface area contributed by atoms with Crippen LogP contribution in [0.4, 0.5) is 0 Å². The molecular formula is C44H90O. The maximum Gasteiger partial charge on any atom is 0.0494 e. The van der Waals surface area contributed by atoms with Gasteiger partial charge in [0.1, 0.15) is 0 Å². The minimum atomic E-state index is 0.814. The highest BCUT2D eigenvalue weighted by molar-refractivity contribution is 4.61. The molecule has 0 aromatic rings. The summed E-state index contributed by atoms with van der Waals surface area (Å²) in [5.41, 5.74) is 0. The molecule has 0 rings (SSSR count). The smallest absolute Gasteiger partial charge is 0.0494 e. The summed E-state index contributed by atoms with van der Waals surface area (Å²) >= 11 is 0. The number of hydrogen-bond donors (Lipinski definition) is 0. The maximum atomic E-state index is 6.30. The first kappa shape index (κ1) is 45.0. The second-order valence-corrected chi connectivity index (χ2v) is 15.2. The highest BCUT2D eigenvalue weighted by atomic mass is 16.5. The van der Waals surface area contributed by atoms with Gasteiger partial charge in [0.05, 0.1) is 0 Å². The predicted octanol–water partition coefficient (Wildman–Crippen LogP) is 16.5. The summed E-state index contributed by atoms with van der Waals surface area (Å²) in [5.74, 6) is 0.814. The quantitative estimate of drug-likeness (QED) is 0.0608. The van der Waals surface area contributed by atoms with E-state index in [1.807, 2.05) is 0 Å². The van der Waals surface area contributed by atoms with Gasteiger partial charge >= 0.3 is 0 Å². The zero-order valence-corrected chi connectivity index (χ0v) is 32.3. The van der Waals surface area contributed by atoms with Crippen molar-refractivity contribution >= 4 is 0 Å². The molecule has 0 spiro atoms. The first-order valence-corrected chi connectivity index (χ1v) is 21.9. The van der Waals surface area contributed by atoms with Crippen molar-refractivity contribution < 1.29 is 4.74 Å². The minimum absolute atomic E-state index is 0.814. The van der Waals surface area contributed by atoms with Crippen LogP contribution in [0.5, 0.6) is 0 Å². The van der Waals surface area contributed by atoms with E-state index >= 15 is 0 Å². The SMILES string of the molecule is CCCCCCCCCCCCCCCCOCC(CCCCCCCCCCC)CCCCCCCCCCCCCCC. The highest BCUT2D eigenvalue weighted by Crippen LogP contribution is 2.21. The lowest BCUT2D eigenvalue weighted by Gasteiger charge is -2.17.